The maximum Gasteiger partial charge on any atom is 0.178 e. The largest absolute Gasteiger partial charge is 0.497 e. The molecule has 2 N–H and O–H groups in total. The van der Waals surface area contributed by atoms with Crippen molar-refractivity contribution in [2.75, 3.05) is 17.7 Å². The quantitative estimate of drug-likeness (QED) is 0.464. The van der Waals surface area contributed by atoms with Crippen LogP contribution in [-0.2, 0) is 6.54 Å². The summed E-state index contributed by atoms with van der Waals surface area (Å²) in [7, 11) is 1.61. The number of nitriles is 2. The lowest BCUT2D eigenvalue weighted by Crippen LogP contribution is -2.10. The molecule has 0 aliphatic rings. The van der Waals surface area contributed by atoms with Crippen molar-refractivity contribution in [1.29, 1.82) is 10.5 Å². The van der Waals surface area contributed by atoms with Gasteiger partial charge in [0, 0.05) is 12.2 Å². The van der Waals surface area contributed by atoms with Crippen molar-refractivity contribution < 1.29 is 4.74 Å². The molecule has 0 atom stereocenters. The van der Waals surface area contributed by atoms with Crippen molar-refractivity contribution in [3.05, 3.63) is 76.4 Å². The monoisotopic (exact) mass is 429 g/mol. The highest BCUT2D eigenvalue weighted by molar-refractivity contribution is 6.33. The van der Waals surface area contributed by atoms with Crippen LogP contribution < -0.4 is 15.4 Å². The van der Waals surface area contributed by atoms with Gasteiger partial charge < -0.3 is 15.4 Å². The first kappa shape index (κ1) is 20.0. The van der Waals surface area contributed by atoms with E-state index in [1.165, 1.54) is 10.7 Å². The Bertz CT molecular complexity index is 1320. The van der Waals surface area contributed by atoms with Gasteiger partial charge in [0.1, 0.15) is 22.4 Å². The first-order chi connectivity index (χ1) is 15.1. The van der Waals surface area contributed by atoms with Crippen molar-refractivity contribution >= 4 is 34.6 Å². The Hall–Kier alpha value is -4.27. The number of rotatable bonds is 6. The second-order valence-electron chi connectivity index (χ2n) is 6.54. The zero-order valence-electron chi connectivity index (χ0n) is 16.4. The third kappa shape index (κ3) is 4.06. The van der Waals surface area contributed by atoms with Gasteiger partial charge in [0.15, 0.2) is 17.3 Å². The van der Waals surface area contributed by atoms with E-state index in [1.807, 2.05) is 24.3 Å². The number of anilines is 3. The van der Waals surface area contributed by atoms with Crippen LogP contribution in [0.5, 0.6) is 5.75 Å². The van der Waals surface area contributed by atoms with E-state index in [-0.39, 0.29) is 5.56 Å². The lowest BCUT2D eigenvalue weighted by molar-refractivity contribution is 0.414. The van der Waals surface area contributed by atoms with Crippen LogP contribution in [0.4, 0.5) is 17.3 Å². The van der Waals surface area contributed by atoms with Gasteiger partial charge >= 0.3 is 0 Å². The Morgan fingerprint density at radius 2 is 1.81 bits per heavy atom. The summed E-state index contributed by atoms with van der Waals surface area (Å²) in [5, 5.41) is 29.9. The lowest BCUT2D eigenvalue weighted by Gasteiger charge is -2.15. The molecular formula is C22H16ClN7O. The van der Waals surface area contributed by atoms with Crippen LogP contribution in [0.3, 0.4) is 0 Å². The number of hydrogen-bond acceptors (Lipinski definition) is 7. The van der Waals surface area contributed by atoms with Crippen molar-refractivity contribution in [2.45, 2.75) is 6.54 Å². The van der Waals surface area contributed by atoms with E-state index in [1.54, 1.807) is 31.4 Å². The van der Waals surface area contributed by atoms with Crippen LogP contribution in [0.1, 0.15) is 16.7 Å². The fraction of sp³-hybridized carbons (Fsp3) is 0.0909. The summed E-state index contributed by atoms with van der Waals surface area (Å²) < 4.78 is 6.67. The number of benzene rings is 2. The van der Waals surface area contributed by atoms with Gasteiger partial charge in [-0.05, 0) is 42.0 Å². The van der Waals surface area contributed by atoms with E-state index < -0.39 is 0 Å². The minimum absolute atomic E-state index is 0.283. The molecular weight excluding hydrogens is 414 g/mol. The smallest absolute Gasteiger partial charge is 0.178 e. The molecule has 0 unspecified atom stereocenters. The number of fused-ring (bicyclic) bond motifs is 1. The molecule has 8 nitrogen and oxygen atoms in total. The maximum absolute atomic E-state index is 9.89. The second kappa shape index (κ2) is 8.62. The summed E-state index contributed by atoms with van der Waals surface area (Å²) >= 11 is 6.27. The normalized spacial score (nSPS) is 10.3. The summed E-state index contributed by atoms with van der Waals surface area (Å²) in [6, 6.07) is 18.7. The minimum Gasteiger partial charge on any atom is -0.497 e. The Labute approximate surface area is 183 Å². The van der Waals surface area contributed by atoms with Crippen molar-refractivity contribution in [3.8, 4) is 17.9 Å². The van der Waals surface area contributed by atoms with Crippen LogP contribution in [0.2, 0.25) is 5.02 Å². The third-order valence-corrected chi connectivity index (χ3v) is 4.88. The van der Waals surface area contributed by atoms with Gasteiger partial charge in [-0.2, -0.15) is 20.1 Å². The number of halogens is 1. The lowest BCUT2D eigenvalue weighted by atomic mass is 10.2. The van der Waals surface area contributed by atoms with Gasteiger partial charge in [-0.1, -0.05) is 23.7 Å². The van der Waals surface area contributed by atoms with Gasteiger partial charge in [0.2, 0.25) is 0 Å². The number of aromatic nitrogens is 3. The summed E-state index contributed by atoms with van der Waals surface area (Å²) in [6.45, 7) is 0.448. The molecule has 0 saturated heterocycles. The Morgan fingerprint density at radius 3 is 2.45 bits per heavy atom. The predicted octanol–water partition coefficient (Wildman–Crippen LogP) is 4.49. The van der Waals surface area contributed by atoms with E-state index in [2.05, 4.69) is 32.9 Å². The van der Waals surface area contributed by atoms with Crippen LogP contribution in [-0.4, -0.2) is 21.7 Å². The van der Waals surface area contributed by atoms with Gasteiger partial charge in [-0.15, -0.1) is 0 Å². The molecule has 4 aromatic rings. The fourth-order valence-electron chi connectivity index (χ4n) is 3.01. The van der Waals surface area contributed by atoms with Gasteiger partial charge in [-0.25, -0.2) is 4.98 Å². The molecule has 0 aliphatic heterocycles. The van der Waals surface area contributed by atoms with E-state index in [9.17, 15) is 5.26 Å². The zero-order valence-corrected chi connectivity index (χ0v) is 17.2. The molecule has 2 heterocycles. The number of hydrogen-bond donors (Lipinski definition) is 2. The first-order valence-electron chi connectivity index (χ1n) is 9.24. The third-order valence-electron chi connectivity index (χ3n) is 4.61. The molecule has 0 fully saturated rings. The second-order valence-corrected chi connectivity index (χ2v) is 6.95. The van der Waals surface area contributed by atoms with Crippen LogP contribution in [0.25, 0.3) is 5.65 Å². The average molecular weight is 430 g/mol. The number of methoxy groups -OCH3 is 1. The molecule has 4 rings (SSSR count). The molecule has 2 aromatic carbocycles. The maximum atomic E-state index is 9.89. The number of ether oxygens (including phenoxy) is 1. The van der Waals surface area contributed by atoms with Crippen LogP contribution >= 0.6 is 11.6 Å². The molecule has 2 aromatic heterocycles. The van der Waals surface area contributed by atoms with Crippen molar-refractivity contribution in [3.63, 3.8) is 0 Å². The Kier molecular flexibility index (Phi) is 5.57. The van der Waals surface area contributed by atoms with Crippen molar-refractivity contribution in [1.82, 2.24) is 14.6 Å². The molecule has 9 heteroatoms. The van der Waals surface area contributed by atoms with Crippen molar-refractivity contribution in [2.24, 2.45) is 0 Å². The van der Waals surface area contributed by atoms with Crippen LogP contribution in [0, 0.1) is 22.7 Å². The van der Waals surface area contributed by atoms with E-state index >= 15 is 0 Å². The highest BCUT2D eigenvalue weighted by Crippen LogP contribution is 2.29. The Balaban J connectivity index is 1.72. The molecule has 0 spiro atoms. The SMILES string of the molecule is COc1ccc(CNc2nc3c(Cl)cnn3c(Nc3ccc(C#N)cc3)c2C#N)cc1. The summed E-state index contributed by atoms with van der Waals surface area (Å²) in [5.74, 6) is 1.56. The molecule has 0 bridgehead atoms. The van der Waals surface area contributed by atoms with Gasteiger partial charge in [0.25, 0.3) is 0 Å². The van der Waals surface area contributed by atoms with Gasteiger partial charge in [0.05, 0.1) is 24.9 Å². The van der Waals surface area contributed by atoms with E-state index in [0.717, 1.165) is 11.3 Å². The first-order valence-corrected chi connectivity index (χ1v) is 9.62. The Morgan fingerprint density at radius 1 is 1.06 bits per heavy atom. The predicted molar refractivity (Wildman–Crippen MR) is 117 cm³/mol. The zero-order chi connectivity index (χ0) is 21.8. The molecule has 0 aliphatic carbocycles. The molecule has 0 radical (unpaired) electrons. The molecule has 0 amide bonds. The topological polar surface area (TPSA) is 111 Å². The summed E-state index contributed by atoms with van der Waals surface area (Å²) in [4.78, 5) is 4.51. The standard InChI is InChI=1S/C22H16ClN7O/c1-31-17-8-4-15(5-9-17)12-26-20-18(11-25)21(30-22(29-20)19(23)13-27-30)28-16-6-2-14(10-24)3-7-16/h2-9,13,28H,12H2,1H3,(H,26,29). The highest BCUT2D eigenvalue weighted by atomic mass is 35.5. The van der Waals surface area contributed by atoms with Gasteiger partial charge in [-0.3, -0.25) is 0 Å². The fourth-order valence-corrected chi connectivity index (χ4v) is 3.18. The molecule has 31 heavy (non-hydrogen) atoms. The van der Waals surface area contributed by atoms with E-state index in [0.29, 0.717) is 40.1 Å². The average Bonchev–Trinajstić information content (AvgIpc) is 3.19. The van der Waals surface area contributed by atoms with E-state index in [4.69, 9.17) is 21.6 Å². The number of nitrogens with zero attached hydrogens (tertiary/aromatic N) is 5. The van der Waals surface area contributed by atoms with Crippen LogP contribution in [0.15, 0.2) is 54.7 Å². The highest BCUT2D eigenvalue weighted by Gasteiger charge is 2.18. The minimum atomic E-state index is 0.283. The molecule has 152 valence electrons. The summed E-state index contributed by atoms with van der Waals surface area (Å²) in [6.07, 6.45) is 1.47. The molecule has 0 saturated carbocycles. The number of nitrogens with one attached hydrogen (secondary N) is 2. The summed E-state index contributed by atoms with van der Waals surface area (Å²) in [5.41, 5.74) is 2.91.